The molecule has 0 aliphatic carbocycles. The Hall–Kier alpha value is -5.87. The molecular weight excluding hydrogens is 601 g/mol. The molecule has 4 aromatic carbocycles. The smallest absolute Gasteiger partial charge is 0.291 e. The molecule has 8 nitrogen and oxygen atoms in total. The summed E-state index contributed by atoms with van der Waals surface area (Å²) in [5.41, 5.74) is 4.80. The number of halogens is 1. The zero-order valence-electron chi connectivity index (χ0n) is 24.6. The molecule has 0 bridgehead atoms. The summed E-state index contributed by atoms with van der Waals surface area (Å²) in [7, 11) is 1.63. The third-order valence-corrected chi connectivity index (χ3v) is 8.19. The van der Waals surface area contributed by atoms with Crippen LogP contribution in [0.1, 0.15) is 22.5 Å². The highest BCUT2D eigenvalue weighted by atomic mass is 32.1. The van der Waals surface area contributed by atoms with Crippen LogP contribution in [0, 0.1) is 5.82 Å². The van der Waals surface area contributed by atoms with E-state index >= 15 is 0 Å². The van der Waals surface area contributed by atoms with Crippen molar-refractivity contribution in [1.29, 1.82) is 0 Å². The second kappa shape index (κ2) is 12.6. The zero-order chi connectivity index (χ0) is 31.5. The Labute approximate surface area is 266 Å². The lowest BCUT2D eigenvalue weighted by molar-refractivity contribution is 0.306. The molecule has 0 unspecified atom stereocenters. The summed E-state index contributed by atoms with van der Waals surface area (Å²) in [4.78, 5) is 18.5. The van der Waals surface area contributed by atoms with Crippen LogP contribution in [-0.2, 0) is 6.61 Å². The average molecular weight is 628 g/mol. The normalized spacial score (nSPS) is 11.9. The molecule has 0 aliphatic heterocycles. The first-order valence-electron chi connectivity index (χ1n) is 14.4. The number of rotatable bonds is 9. The Morgan fingerprint density at radius 1 is 0.848 bits per heavy atom. The first-order valence-corrected chi connectivity index (χ1v) is 15.2. The molecule has 0 saturated carbocycles. The molecule has 0 amide bonds. The van der Waals surface area contributed by atoms with Crippen LogP contribution in [0.15, 0.2) is 114 Å². The Balaban J connectivity index is 1.19. The highest BCUT2D eigenvalue weighted by molar-refractivity contribution is 7.15. The van der Waals surface area contributed by atoms with Crippen molar-refractivity contribution >= 4 is 34.5 Å². The Morgan fingerprint density at radius 3 is 2.30 bits per heavy atom. The first kappa shape index (κ1) is 28.9. The van der Waals surface area contributed by atoms with E-state index in [1.807, 2.05) is 97.2 Å². The molecule has 10 heteroatoms. The molecule has 0 aliphatic rings. The van der Waals surface area contributed by atoms with E-state index in [9.17, 15) is 9.18 Å². The van der Waals surface area contributed by atoms with Crippen molar-refractivity contribution in [3.63, 3.8) is 0 Å². The molecule has 0 atom stereocenters. The number of nitrogens with zero attached hydrogens (tertiary/aromatic N) is 5. The van der Waals surface area contributed by atoms with Crippen LogP contribution >= 0.6 is 11.3 Å². The lowest BCUT2D eigenvalue weighted by atomic mass is 10.1. The van der Waals surface area contributed by atoms with E-state index in [-0.39, 0.29) is 11.4 Å². The molecular formula is C36H26FN5O3S. The number of methoxy groups -OCH3 is 1. The van der Waals surface area contributed by atoms with E-state index in [1.165, 1.54) is 28.0 Å². The number of hydrogen-bond acceptors (Lipinski definition) is 7. The molecule has 0 N–H and O–H groups in total. The number of hydrogen-bond donors (Lipinski definition) is 0. The van der Waals surface area contributed by atoms with E-state index in [0.717, 1.165) is 33.7 Å². The third kappa shape index (κ3) is 6.19. The lowest BCUT2D eigenvalue weighted by Crippen LogP contribution is -2.23. The van der Waals surface area contributed by atoms with Crippen LogP contribution in [0.25, 0.3) is 40.1 Å². The molecule has 7 rings (SSSR count). The van der Waals surface area contributed by atoms with Gasteiger partial charge in [-0.05, 0) is 83.9 Å². The maximum absolute atomic E-state index is 13.4. The maximum Gasteiger partial charge on any atom is 0.291 e. The van der Waals surface area contributed by atoms with E-state index < -0.39 is 0 Å². The van der Waals surface area contributed by atoms with Gasteiger partial charge in [-0.3, -0.25) is 4.79 Å². The van der Waals surface area contributed by atoms with Gasteiger partial charge in [-0.2, -0.15) is 14.6 Å². The largest absolute Gasteiger partial charge is 0.497 e. The number of para-hydroxylation sites is 1. The van der Waals surface area contributed by atoms with Crippen molar-refractivity contribution in [2.45, 2.75) is 6.61 Å². The van der Waals surface area contributed by atoms with Crippen molar-refractivity contribution in [2.24, 2.45) is 0 Å². The van der Waals surface area contributed by atoms with E-state index in [1.54, 1.807) is 30.0 Å². The standard InChI is InChI=1S/C36H26FN5O3S/c1-44-30-16-9-24(10-17-30)11-20-33-38-36-42(39-33)35(43)32(46-36)21-27-22-41(29-5-3-2-4-6-29)40-34(27)26-12-18-31(19-13-26)45-23-25-7-14-28(37)15-8-25/h2-22H,23H2,1H3/b20-11+,32-21-. The molecule has 0 fully saturated rings. The molecule has 0 spiro atoms. The highest BCUT2D eigenvalue weighted by Crippen LogP contribution is 2.27. The van der Waals surface area contributed by atoms with Crippen molar-refractivity contribution in [3.05, 3.63) is 153 Å². The van der Waals surface area contributed by atoms with Gasteiger partial charge in [-0.1, -0.05) is 59.9 Å². The summed E-state index contributed by atoms with van der Waals surface area (Å²) in [6, 6.07) is 31.2. The minimum Gasteiger partial charge on any atom is -0.497 e. The summed E-state index contributed by atoms with van der Waals surface area (Å²) >= 11 is 1.27. The van der Waals surface area contributed by atoms with Crippen LogP contribution in [0.2, 0.25) is 0 Å². The highest BCUT2D eigenvalue weighted by Gasteiger charge is 2.14. The van der Waals surface area contributed by atoms with Crippen LogP contribution in [-0.4, -0.2) is 31.5 Å². The van der Waals surface area contributed by atoms with Crippen LogP contribution in [0.5, 0.6) is 11.5 Å². The number of aromatic nitrogens is 5. The molecule has 0 radical (unpaired) electrons. The fourth-order valence-corrected chi connectivity index (χ4v) is 5.74. The van der Waals surface area contributed by atoms with Crippen molar-refractivity contribution in [2.75, 3.05) is 7.11 Å². The quantitative estimate of drug-likeness (QED) is 0.183. The number of benzene rings is 4. The SMILES string of the molecule is COc1ccc(/C=C/c2nc3s/c(=C\c4cn(-c5ccccc5)nc4-c4ccc(OCc5ccc(F)cc5)cc4)c(=O)n3n2)cc1. The van der Waals surface area contributed by atoms with E-state index in [0.29, 0.717) is 33.4 Å². The van der Waals surface area contributed by atoms with E-state index in [4.69, 9.17) is 14.6 Å². The number of thiazole rings is 1. The Bertz CT molecular complexity index is 2260. The van der Waals surface area contributed by atoms with E-state index in [2.05, 4.69) is 10.1 Å². The maximum atomic E-state index is 13.4. The fraction of sp³-hybridized carbons (Fsp3) is 0.0556. The monoisotopic (exact) mass is 627 g/mol. The predicted molar refractivity (Wildman–Crippen MR) is 178 cm³/mol. The summed E-state index contributed by atoms with van der Waals surface area (Å²) in [6.07, 6.45) is 7.40. The minimum absolute atomic E-state index is 0.250. The Kier molecular flexibility index (Phi) is 7.92. The summed E-state index contributed by atoms with van der Waals surface area (Å²) < 4.78 is 28.0. The Morgan fingerprint density at radius 2 is 1.59 bits per heavy atom. The van der Waals surface area contributed by atoms with Crippen LogP contribution in [0.4, 0.5) is 4.39 Å². The molecule has 46 heavy (non-hydrogen) atoms. The van der Waals surface area contributed by atoms with Gasteiger partial charge in [0.2, 0.25) is 4.96 Å². The average Bonchev–Trinajstić information content (AvgIpc) is 3.79. The molecule has 226 valence electrons. The zero-order valence-corrected chi connectivity index (χ0v) is 25.4. The van der Waals surface area contributed by atoms with Gasteiger partial charge in [0.05, 0.1) is 17.3 Å². The molecule has 7 aromatic rings. The topological polar surface area (TPSA) is 83.5 Å². The predicted octanol–water partition coefficient (Wildman–Crippen LogP) is 6.45. The molecule has 3 aromatic heterocycles. The van der Waals surface area contributed by atoms with Crippen LogP contribution in [0.3, 0.4) is 0 Å². The van der Waals surface area contributed by atoms with Gasteiger partial charge < -0.3 is 9.47 Å². The second-order valence-electron chi connectivity index (χ2n) is 10.3. The van der Waals surface area contributed by atoms with Crippen molar-refractivity contribution in [3.8, 4) is 28.4 Å². The van der Waals surface area contributed by atoms with Gasteiger partial charge in [-0.15, -0.1) is 5.10 Å². The number of fused-ring (bicyclic) bond motifs is 1. The van der Waals surface area contributed by atoms with Gasteiger partial charge in [0.15, 0.2) is 5.82 Å². The van der Waals surface area contributed by atoms with Gasteiger partial charge in [0, 0.05) is 17.3 Å². The van der Waals surface area contributed by atoms with Crippen LogP contribution < -0.4 is 19.6 Å². The van der Waals surface area contributed by atoms with Crippen molar-refractivity contribution < 1.29 is 13.9 Å². The van der Waals surface area contributed by atoms with Crippen molar-refractivity contribution in [1.82, 2.24) is 24.4 Å². The second-order valence-corrected chi connectivity index (χ2v) is 11.3. The summed E-state index contributed by atoms with van der Waals surface area (Å²) in [6.45, 7) is 0.320. The number of ether oxygens (including phenoxy) is 2. The molecule has 0 saturated heterocycles. The van der Waals surface area contributed by atoms with Gasteiger partial charge >= 0.3 is 0 Å². The molecule has 3 heterocycles. The third-order valence-electron chi connectivity index (χ3n) is 7.24. The first-order chi connectivity index (χ1) is 22.5. The fourth-order valence-electron chi connectivity index (χ4n) is 4.83. The van der Waals surface area contributed by atoms with Gasteiger partial charge in [-0.25, -0.2) is 9.07 Å². The lowest BCUT2D eigenvalue weighted by Gasteiger charge is -2.07. The van der Waals surface area contributed by atoms with Gasteiger partial charge in [0.1, 0.15) is 29.6 Å². The summed E-state index contributed by atoms with van der Waals surface area (Å²) in [5, 5.41) is 9.31. The van der Waals surface area contributed by atoms with Gasteiger partial charge in [0.25, 0.3) is 5.56 Å². The summed E-state index contributed by atoms with van der Waals surface area (Å²) in [5.74, 6) is 1.62. The minimum atomic E-state index is -0.282.